The number of benzene rings is 1. The number of hydrogen-bond acceptors (Lipinski definition) is 5. The predicted octanol–water partition coefficient (Wildman–Crippen LogP) is 4.80. The van der Waals surface area contributed by atoms with Crippen molar-refractivity contribution in [1.82, 2.24) is 19.9 Å². The van der Waals surface area contributed by atoms with Gasteiger partial charge in [0.2, 0.25) is 5.91 Å². The molecule has 0 unspecified atom stereocenters. The lowest BCUT2D eigenvalue weighted by atomic mass is 10.0. The van der Waals surface area contributed by atoms with E-state index in [2.05, 4.69) is 10.5 Å². The van der Waals surface area contributed by atoms with E-state index in [4.69, 9.17) is 16.1 Å². The van der Waals surface area contributed by atoms with Crippen LogP contribution in [0.25, 0.3) is 21.5 Å². The van der Waals surface area contributed by atoms with Gasteiger partial charge in [-0.1, -0.05) is 35.0 Å². The summed E-state index contributed by atoms with van der Waals surface area (Å²) in [6, 6.07) is 15.5. The van der Waals surface area contributed by atoms with Crippen LogP contribution in [0.1, 0.15) is 35.9 Å². The first-order valence-corrected chi connectivity index (χ1v) is 12.0. The number of piperidine rings is 1. The van der Waals surface area contributed by atoms with E-state index in [0.717, 1.165) is 34.3 Å². The number of likely N-dealkylation sites (tertiary alicyclic amines) is 1. The van der Waals surface area contributed by atoms with Crippen LogP contribution in [0, 0.1) is 0 Å². The molecule has 7 nitrogen and oxygen atoms in total. The van der Waals surface area contributed by atoms with E-state index in [1.165, 1.54) is 11.3 Å². The molecule has 1 aromatic carbocycles. The van der Waals surface area contributed by atoms with Crippen molar-refractivity contribution in [2.45, 2.75) is 32.4 Å². The van der Waals surface area contributed by atoms with Crippen molar-refractivity contribution in [3.8, 4) is 10.6 Å². The van der Waals surface area contributed by atoms with Gasteiger partial charge in [-0.25, -0.2) is 0 Å². The molecule has 170 valence electrons. The first-order valence-electron chi connectivity index (χ1n) is 10.8. The molecule has 0 bridgehead atoms. The van der Waals surface area contributed by atoms with E-state index in [1.807, 2.05) is 58.0 Å². The van der Waals surface area contributed by atoms with Gasteiger partial charge < -0.3 is 19.3 Å². The molecular formula is C24H23ClN4O3S. The lowest BCUT2D eigenvalue weighted by Crippen LogP contribution is -2.46. The average molecular weight is 483 g/mol. The number of fused-ring (bicyclic) bond motifs is 1. The standard InChI is InChI=1S/C24H23ClN4O3S/c1-15(30)28-10-8-17(9-11-28)26-24(31)20-12-16-4-2-3-5-19(16)29(20)14-18-13-21(32-27-18)22-6-7-23(25)33-22/h2-7,12-13,17H,8-11,14H2,1H3,(H,26,31). The SMILES string of the molecule is CC(=O)N1CCC(NC(=O)c2cc3ccccc3n2Cc2cc(-c3ccc(Cl)s3)on2)CC1. The molecule has 3 aromatic heterocycles. The molecule has 1 fully saturated rings. The highest BCUT2D eigenvalue weighted by Crippen LogP contribution is 2.32. The van der Waals surface area contributed by atoms with Gasteiger partial charge in [-0.3, -0.25) is 9.59 Å². The maximum absolute atomic E-state index is 13.3. The Kier molecular flexibility index (Phi) is 5.95. The summed E-state index contributed by atoms with van der Waals surface area (Å²) >= 11 is 7.48. The fourth-order valence-corrected chi connectivity index (χ4v) is 5.27. The number of thiophene rings is 1. The Labute approximate surface area is 199 Å². The van der Waals surface area contributed by atoms with Crippen LogP contribution < -0.4 is 5.32 Å². The summed E-state index contributed by atoms with van der Waals surface area (Å²) in [5.74, 6) is 0.611. The largest absolute Gasteiger partial charge is 0.355 e. The number of amides is 2. The summed E-state index contributed by atoms with van der Waals surface area (Å²) in [6.45, 7) is 3.32. The number of nitrogens with zero attached hydrogens (tertiary/aromatic N) is 3. The van der Waals surface area contributed by atoms with Gasteiger partial charge in [0.15, 0.2) is 5.76 Å². The highest BCUT2D eigenvalue weighted by molar-refractivity contribution is 7.19. The van der Waals surface area contributed by atoms with Gasteiger partial charge in [-0.05, 0) is 37.1 Å². The number of aromatic nitrogens is 2. The van der Waals surface area contributed by atoms with E-state index in [9.17, 15) is 9.59 Å². The quantitative estimate of drug-likeness (QED) is 0.443. The number of para-hydroxylation sites is 1. The van der Waals surface area contributed by atoms with Crippen LogP contribution in [0.3, 0.4) is 0 Å². The molecule has 0 atom stereocenters. The smallest absolute Gasteiger partial charge is 0.268 e. The zero-order chi connectivity index (χ0) is 22.9. The maximum Gasteiger partial charge on any atom is 0.268 e. The monoisotopic (exact) mass is 482 g/mol. The molecule has 1 N–H and O–H groups in total. The minimum atomic E-state index is -0.124. The molecule has 1 saturated heterocycles. The predicted molar refractivity (Wildman–Crippen MR) is 129 cm³/mol. The summed E-state index contributed by atoms with van der Waals surface area (Å²) in [6.07, 6.45) is 1.50. The summed E-state index contributed by atoms with van der Waals surface area (Å²) in [4.78, 5) is 27.6. The number of nitrogens with one attached hydrogen (secondary N) is 1. The average Bonchev–Trinajstić information content (AvgIpc) is 3.53. The topological polar surface area (TPSA) is 80.4 Å². The fourth-order valence-electron chi connectivity index (χ4n) is 4.28. The second-order valence-electron chi connectivity index (χ2n) is 8.21. The second-order valence-corrected chi connectivity index (χ2v) is 9.93. The van der Waals surface area contributed by atoms with E-state index >= 15 is 0 Å². The normalized spacial score (nSPS) is 14.7. The Morgan fingerprint density at radius 2 is 1.97 bits per heavy atom. The van der Waals surface area contributed by atoms with Crippen molar-refractivity contribution in [3.63, 3.8) is 0 Å². The summed E-state index contributed by atoms with van der Waals surface area (Å²) in [5.41, 5.74) is 2.26. The van der Waals surface area contributed by atoms with Crippen molar-refractivity contribution in [1.29, 1.82) is 0 Å². The summed E-state index contributed by atoms with van der Waals surface area (Å²) < 4.78 is 8.19. The second kappa shape index (κ2) is 9.03. The third kappa shape index (κ3) is 4.54. The molecule has 33 heavy (non-hydrogen) atoms. The number of carbonyl (C=O) groups is 2. The van der Waals surface area contributed by atoms with Gasteiger partial charge in [-0.15, -0.1) is 11.3 Å². The van der Waals surface area contributed by atoms with Gasteiger partial charge >= 0.3 is 0 Å². The first-order chi connectivity index (χ1) is 16.0. The van der Waals surface area contributed by atoms with E-state index in [-0.39, 0.29) is 17.9 Å². The van der Waals surface area contributed by atoms with Gasteiger partial charge in [-0.2, -0.15) is 0 Å². The Hall–Kier alpha value is -3.10. The Balaban J connectivity index is 1.38. The molecule has 1 aliphatic rings. The molecule has 9 heteroatoms. The molecule has 4 heterocycles. The number of rotatable bonds is 5. The van der Waals surface area contributed by atoms with Crippen molar-refractivity contribution in [3.05, 3.63) is 64.3 Å². The van der Waals surface area contributed by atoms with Gasteiger partial charge in [0.05, 0.1) is 15.8 Å². The molecule has 0 aliphatic carbocycles. The third-order valence-corrected chi connectivity index (χ3v) is 7.26. The molecule has 0 spiro atoms. The Bertz CT molecular complexity index is 1320. The van der Waals surface area contributed by atoms with Crippen LogP contribution >= 0.6 is 22.9 Å². The molecular weight excluding hydrogens is 460 g/mol. The molecule has 0 saturated carbocycles. The van der Waals surface area contributed by atoms with E-state index < -0.39 is 0 Å². The molecule has 4 aromatic rings. The van der Waals surface area contributed by atoms with Crippen molar-refractivity contribution < 1.29 is 14.1 Å². The highest BCUT2D eigenvalue weighted by atomic mass is 35.5. The molecule has 5 rings (SSSR count). The van der Waals surface area contributed by atoms with Crippen molar-refractivity contribution in [2.24, 2.45) is 0 Å². The molecule has 0 radical (unpaired) electrons. The fraction of sp³-hybridized carbons (Fsp3) is 0.292. The summed E-state index contributed by atoms with van der Waals surface area (Å²) in [7, 11) is 0. The minimum absolute atomic E-state index is 0.0433. The Morgan fingerprint density at radius 3 is 2.70 bits per heavy atom. The maximum atomic E-state index is 13.3. The van der Waals surface area contributed by atoms with Crippen LogP contribution in [0.4, 0.5) is 0 Å². The Morgan fingerprint density at radius 1 is 1.18 bits per heavy atom. The first kappa shape index (κ1) is 21.7. The summed E-state index contributed by atoms with van der Waals surface area (Å²) in [5, 5.41) is 8.37. The van der Waals surface area contributed by atoms with Crippen LogP contribution in [0.5, 0.6) is 0 Å². The van der Waals surface area contributed by atoms with Crippen LogP contribution in [-0.2, 0) is 11.3 Å². The zero-order valence-electron chi connectivity index (χ0n) is 18.1. The lowest BCUT2D eigenvalue weighted by Gasteiger charge is -2.31. The zero-order valence-corrected chi connectivity index (χ0v) is 19.7. The molecule has 2 amide bonds. The van der Waals surface area contributed by atoms with Gasteiger partial charge in [0.25, 0.3) is 5.91 Å². The van der Waals surface area contributed by atoms with Crippen LogP contribution in [0.2, 0.25) is 4.34 Å². The third-order valence-electron chi connectivity index (χ3n) is 6.01. The van der Waals surface area contributed by atoms with Gasteiger partial charge in [0.1, 0.15) is 11.4 Å². The number of halogens is 1. The minimum Gasteiger partial charge on any atom is -0.355 e. The van der Waals surface area contributed by atoms with E-state index in [1.54, 1.807) is 6.92 Å². The van der Waals surface area contributed by atoms with Crippen LogP contribution in [0.15, 0.2) is 53.1 Å². The number of hydrogen-bond donors (Lipinski definition) is 1. The van der Waals surface area contributed by atoms with Crippen molar-refractivity contribution >= 4 is 45.7 Å². The number of carbonyl (C=O) groups excluding carboxylic acids is 2. The van der Waals surface area contributed by atoms with Gasteiger partial charge in [0, 0.05) is 43.0 Å². The molecule has 1 aliphatic heterocycles. The van der Waals surface area contributed by atoms with E-state index in [0.29, 0.717) is 35.4 Å². The highest BCUT2D eigenvalue weighted by Gasteiger charge is 2.24. The van der Waals surface area contributed by atoms with Crippen molar-refractivity contribution in [2.75, 3.05) is 13.1 Å². The van der Waals surface area contributed by atoms with Crippen LogP contribution in [-0.4, -0.2) is 45.6 Å². The lowest BCUT2D eigenvalue weighted by molar-refractivity contribution is -0.129.